The molecule has 2 aromatic carbocycles. The highest BCUT2D eigenvalue weighted by atomic mass is 35.5. The van der Waals surface area contributed by atoms with Gasteiger partial charge in [0.2, 0.25) is 0 Å². The molecule has 8 heteroatoms. The number of ketones is 1. The molecule has 0 aliphatic carbocycles. The van der Waals surface area contributed by atoms with Crippen LogP contribution in [0.5, 0.6) is 11.5 Å². The zero-order valence-electron chi connectivity index (χ0n) is 14.9. The van der Waals surface area contributed by atoms with Gasteiger partial charge in [-0.25, -0.2) is 0 Å². The Morgan fingerprint density at radius 1 is 1.07 bits per heavy atom. The maximum Gasteiger partial charge on any atom is 0.191 e. The Balaban J connectivity index is 1.56. The van der Waals surface area contributed by atoms with Gasteiger partial charge in [0.15, 0.2) is 16.8 Å². The van der Waals surface area contributed by atoms with E-state index in [2.05, 4.69) is 10.2 Å². The van der Waals surface area contributed by atoms with Gasteiger partial charge < -0.3 is 14.0 Å². The van der Waals surface area contributed by atoms with E-state index in [1.165, 1.54) is 11.8 Å². The second-order valence-corrected chi connectivity index (χ2v) is 7.02. The first-order valence-electron chi connectivity index (χ1n) is 8.13. The minimum Gasteiger partial charge on any atom is -0.497 e. The fourth-order valence-electron chi connectivity index (χ4n) is 2.27. The number of benzene rings is 2. The molecule has 0 saturated carbocycles. The van der Waals surface area contributed by atoms with E-state index in [9.17, 15) is 4.79 Å². The van der Waals surface area contributed by atoms with Crippen LogP contribution in [-0.4, -0.2) is 33.4 Å². The summed E-state index contributed by atoms with van der Waals surface area (Å²) in [5.74, 6) is 2.44. The number of carbonyl (C=O) groups is 1. The van der Waals surface area contributed by atoms with Crippen LogP contribution < -0.4 is 9.47 Å². The Kier molecular flexibility index (Phi) is 6.36. The monoisotopic (exact) mass is 403 g/mol. The van der Waals surface area contributed by atoms with Crippen LogP contribution in [0.3, 0.4) is 0 Å². The fraction of sp³-hybridized carbons (Fsp3) is 0.211. The second-order valence-electron chi connectivity index (χ2n) is 5.64. The molecule has 0 radical (unpaired) electrons. The van der Waals surface area contributed by atoms with Gasteiger partial charge in [-0.05, 0) is 48.5 Å². The molecule has 1 heterocycles. The molecule has 0 fully saturated rings. The summed E-state index contributed by atoms with van der Waals surface area (Å²) in [5.41, 5.74) is 0.622. The molecule has 0 bridgehead atoms. The lowest BCUT2D eigenvalue weighted by molar-refractivity contribution is 0.102. The molecule has 0 unspecified atom stereocenters. The first-order chi connectivity index (χ1) is 13.1. The van der Waals surface area contributed by atoms with Crippen LogP contribution in [0.25, 0.3) is 0 Å². The van der Waals surface area contributed by atoms with E-state index in [4.69, 9.17) is 21.1 Å². The van der Waals surface area contributed by atoms with Crippen molar-refractivity contribution in [2.45, 2.75) is 11.8 Å². The minimum absolute atomic E-state index is 0.00991. The molecule has 6 nitrogen and oxygen atoms in total. The standard InChI is InChI=1S/C19H18ClN3O3S/c1-23-18(11-26-16-9-7-15(25-2)8-10-16)21-22-19(23)27-12-17(24)13-3-5-14(20)6-4-13/h3-10H,11-12H2,1-2H3. The normalized spacial score (nSPS) is 10.6. The third-order valence-electron chi connectivity index (χ3n) is 3.85. The molecule has 0 aliphatic heterocycles. The van der Waals surface area contributed by atoms with Crippen LogP contribution >= 0.6 is 23.4 Å². The SMILES string of the molecule is COc1ccc(OCc2nnc(SCC(=O)c3ccc(Cl)cc3)n2C)cc1. The van der Waals surface area contributed by atoms with Gasteiger partial charge in [0.1, 0.15) is 18.1 Å². The van der Waals surface area contributed by atoms with Crippen LogP contribution in [0.4, 0.5) is 0 Å². The number of Topliss-reactive ketones (excluding diaryl/α,β-unsaturated/α-hetero) is 1. The molecule has 27 heavy (non-hydrogen) atoms. The summed E-state index contributed by atoms with van der Waals surface area (Å²) in [6, 6.07) is 14.2. The lowest BCUT2D eigenvalue weighted by Gasteiger charge is -2.07. The number of thioether (sulfide) groups is 1. The topological polar surface area (TPSA) is 66.2 Å². The van der Waals surface area contributed by atoms with Crippen molar-refractivity contribution in [2.75, 3.05) is 12.9 Å². The predicted octanol–water partition coefficient (Wildman–Crippen LogP) is 4.03. The van der Waals surface area contributed by atoms with E-state index in [0.717, 1.165) is 5.75 Å². The molecule has 0 saturated heterocycles. The first-order valence-corrected chi connectivity index (χ1v) is 9.50. The summed E-state index contributed by atoms with van der Waals surface area (Å²) < 4.78 is 12.7. The lowest BCUT2D eigenvalue weighted by Crippen LogP contribution is -2.06. The first kappa shape index (κ1) is 19.3. The molecular weight excluding hydrogens is 386 g/mol. The summed E-state index contributed by atoms with van der Waals surface area (Å²) in [6.07, 6.45) is 0. The van der Waals surface area contributed by atoms with Gasteiger partial charge in [-0.2, -0.15) is 0 Å². The maximum absolute atomic E-state index is 12.3. The third kappa shape index (κ3) is 5.02. The summed E-state index contributed by atoms with van der Waals surface area (Å²) in [4.78, 5) is 12.3. The highest BCUT2D eigenvalue weighted by Gasteiger charge is 2.13. The molecule has 0 spiro atoms. The largest absolute Gasteiger partial charge is 0.497 e. The summed E-state index contributed by atoms with van der Waals surface area (Å²) >= 11 is 7.18. The molecule has 0 atom stereocenters. The van der Waals surface area contributed by atoms with E-state index in [-0.39, 0.29) is 18.1 Å². The smallest absolute Gasteiger partial charge is 0.191 e. The average Bonchev–Trinajstić information content (AvgIpc) is 3.05. The van der Waals surface area contributed by atoms with Crippen molar-refractivity contribution in [2.24, 2.45) is 7.05 Å². The number of ether oxygens (including phenoxy) is 2. The Labute approximate surface area is 166 Å². The Morgan fingerprint density at radius 3 is 2.41 bits per heavy atom. The molecule has 0 aliphatic rings. The van der Waals surface area contributed by atoms with Gasteiger partial charge in [0, 0.05) is 17.6 Å². The molecule has 0 N–H and O–H groups in total. The number of hydrogen-bond acceptors (Lipinski definition) is 6. The highest BCUT2D eigenvalue weighted by molar-refractivity contribution is 7.99. The number of rotatable bonds is 8. The minimum atomic E-state index is 0.00991. The molecule has 1 aromatic heterocycles. The summed E-state index contributed by atoms with van der Waals surface area (Å²) in [5, 5.41) is 9.54. The summed E-state index contributed by atoms with van der Waals surface area (Å²) in [7, 11) is 3.47. The van der Waals surface area contributed by atoms with Gasteiger partial charge in [0.05, 0.1) is 12.9 Å². The Bertz CT molecular complexity index is 911. The quantitative estimate of drug-likeness (QED) is 0.418. The molecule has 0 amide bonds. The van der Waals surface area contributed by atoms with Gasteiger partial charge in [-0.3, -0.25) is 4.79 Å². The van der Waals surface area contributed by atoms with Crippen molar-refractivity contribution >= 4 is 29.1 Å². The molecule has 3 rings (SSSR count). The predicted molar refractivity (Wildman–Crippen MR) is 105 cm³/mol. The van der Waals surface area contributed by atoms with Crippen molar-refractivity contribution in [1.82, 2.24) is 14.8 Å². The molecular formula is C19H18ClN3O3S. The number of methoxy groups -OCH3 is 1. The van der Waals surface area contributed by atoms with E-state index in [0.29, 0.717) is 27.3 Å². The maximum atomic E-state index is 12.3. The van der Waals surface area contributed by atoms with Crippen molar-refractivity contribution in [3.8, 4) is 11.5 Å². The Morgan fingerprint density at radius 2 is 1.74 bits per heavy atom. The van der Waals surface area contributed by atoms with Gasteiger partial charge in [-0.1, -0.05) is 23.4 Å². The van der Waals surface area contributed by atoms with Crippen LogP contribution in [0.1, 0.15) is 16.2 Å². The van der Waals surface area contributed by atoms with Crippen molar-refractivity contribution in [3.63, 3.8) is 0 Å². The van der Waals surface area contributed by atoms with Crippen LogP contribution in [-0.2, 0) is 13.7 Å². The lowest BCUT2D eigenvalue weighted by atomic mass is 10.1. The number of aromatic nitrogens is 3. The van der Waals surface area contributed by atoms with Crippen molar-refractivity contribution in [3.05, 3.63) is 64.9 Å². The number of carbonyl (C=O) groups excluding carboxylic acids is 1. The van der Waals surface area contributed by atoms with Crippen LogP contribution in [0.2, 0.25) is 5.02 Å². The van der Waals surface area contributed by atoms with Gasteiger partial charge in [0.25, 0.3) is 0 Å². The van der Waals surface area contributed by atoms with Crippen LogP contribution in [0.15, 0.2) is 53.7 Å². The van der Waals surface area contributed by atoms with Crippen molar-refractivity contribution in [1.29, 1.82) is 0 Å². The van der Waals surface area contributed by atoms with E-state index in [1.54, 1.807) is 31.4 Å². The highest BCUT2D eigenvalue weighted by Crippen LogP contribution is 2.21. The fourth-order valence-corrected chi connectivity index (χ4v) is 3.22. The van der Waals surface area contributed by atoms with Gasteiger partial charge in [-0.15, -0.1) is 10.2 Å². The average molecular weight is 404 g/mol. The van der Waals surface area contributed by atoms with Crippen LogP contribution in [0, 0.1) is 0 Å². The number of nitrogens with zero attached hydrogens (tertiary/aromatic N) is 3. The number of hydrogen-bond donors (Lipinski definition) is 0. The second kappa shape index (κ2) is 8.92. The molecule has 140 valence electrons. The Hall–Kier alpha value is -2.51. The van der Waals surface area contributed by atoms with Gasteiger partial charge >= 0.3 is 0 Å². The summed E-state index contributed by atoms with van der Waals surface area (Å²) in [6.45, 7) is 0.279. The zero-order valence-corrected chi connectivity index (χ0v) is 16.5. The van der Waals surface area contributed by atoms with E-state index < -0.39 is 0 Å². The van der Waals surface area contributed by atoms with E-state index >= 15 is 0 Å². The van der Waals surface area contributed by atoms with E-state index in [1.807, 2.05) is 35.9 Å². The third-order valence-corrected chi connectivity index (χ3v) is 5.12. The number of halogens is 1. The molecule has 3 aromatic rings. The van der Waals surface area contributed by atoms with Crippen molar-refractivity contribution < 1.29 is 14.3 Å². The zero-order chi connectivity index (χ0) is 19.2.